The fourth-order valence-electron chi connectivity index (χ4n) is 6.59. The fourth-order valence-corrected chi connectivity index (χ4v) is 6.59. The standard InChI is InChI=1S/C21H18F2N4O.C21H19FN4O/c22-16-3-1-2-15(20(16)23)21(28)25-14-8-9-19(24-11-14)27-18(13-6-7-13)10-17(26-27)12-4-5-12;22-17-4-2-1-3-16(17)21(27)24-15-9-10-20(23-12-15)26-19(14-7-8-14)11-18(25-26)13-5-6-13/h1-3,8-13H,4-7H2,(H,25,28);1-4,9-14H,5-8H2,(H,24,27). The molecule has 2 aromatic carbocycles. The molecule has 55 heavy (non-hydrogen) atoms. The molecule has 2 amide bonds. The van der Waals surface area contributed by atoms with Crippen LogP contribution in [-0.4, -0.2) is 41.3 Å². The van der Waals surface area contributed by atoms with Crippen molar-refractivity contribution in [3.8, 4) is 11.6 Å². The number of hydrogen-bond donors (Lipinski definition) is 2. The van der Waals surface area contributed by atoms with E-state index in [2.05, 4.69) is 32.7 Å². The number of benzene rings is 2. The number of amides is 2. The Bertz CT molecular complexity index is 2390. The van der Waals surface area contributed by atoms with Gasteiger partial charge in [0.2, 0.25) is 0 Å². The summed E-state index contributed by atoms with van der Waals surface area (Å²) in [5.41, 5.74) is 5.30. The summed E-state index contributed by atoms with van der Waals surface area (Å²) in [5.74, 6) is -0.265. The zero-order valence-corrected chi connectivity index (χ0v) is 29.8. The van der Waals surface area contributed by atoms with Crippen LogP contribution in [0.1, 0.15) is 119 Å². The monoisotopic (exact) mass is 742 g/mol. The van der Waals surface area contributed by atoms with Crippen LogP contribution >= 0.6 is 0 Å². The lowest BCUT2D eigenvalue weighted by molar-refractivity contribution is 0.101. The smallest absolute Gasteiger partial charge is 0.258 e. The van der Waals surface area contributed by atoms with Gasteiger partial charge in [0.15, 0.2) is 23.3 Å². The third-order valence-corrected chi connectivity index (χ3v) is 10.3. The Balaban J connectivity index is 0.000000144. The molecule has 0 atom stereocenters. The molecule has 0 aliphatic heterocycles. The van der Waals surface area contributed by atoms with Gasteiger partial charge in [-0.15, -0.1) is 0 Å². The maximum Gasteiger partial charge on any atom is 0.258 e. The maximum absolute atomic E-state index is 13.8. The second kappa shape index (κ2) is 14.3. The summed E-state index contributed by atoms with van der Waals surface area (Å²) in [7, 11) is 0. The van der Waals surface area contributed by atoms with E-state index in [1.807, 2.05) is 15.4 Å². The molecule has 0 bridgehead atoms. The van der Waals surface area contributed by atoms with Crippen LogP contribution in [0.2, 0.25) is 0 Å². The molecule has 0 unspecified atom stereocenters. The molecule has 6 aromatic rings. The van der Waals surface area contributed by atoms with Crippen LogP contribution in [0.3, 0.4) is 0 Å². The van der Waals surface area contributed by atoms with Gasteiger partial charge >= 0.3 is 0 Å². The number of aromatic nitrogens is 6. The Kier molecular flexibility index (Phi) is 8.99. The highest BCUT2D eigenvalue weighted by molar-refractivity contribution is 6.05. The number of nitrogens with one attached hydrogen (secondary N) is 2. The first-order valence-corrected chi connectivity index (χ1v) is 18.7. The highest BCUT2D eigenvalue weighted by Crippen LogP contribution is 2.46. The van der Waals surface area contributed by atoms with E-state index in [0.29, 0.717) is 40.9 Å². The van der Waals surface area contributed by atoms with Gasteiger partial charge in [-0.3, -0.25) is 9.59 Å². The molecule has 278 valence electrons. The van der Waals surface area contributed by atoms with Crippen molar-refractivity contribution in [2.75, 3.05) is 10.6 Å². The van der Waals surface area contributed by atoms with Gasteiger partial charge in [0.05, 0.1) is 46.3 Å². The van der Waals surface area contributed by atoms with Crippen molar-refractivity contribution in [2.24, 2.45) is 0 Å². The van der Waals surface area contributed by atoms with Gasteiger partial charge in [-0.05, 0) is 112 Å². The molecular formula is C42H37F3N8O2. The van der Waals surface area contributed by atoms with Crippen LogP contribution in [0.5, 0.6) is 0 Å². The lowest BCUT2D eigenvalue weighted by atomic mass is 10.2. The van der Waals surface area contributed by atoms with E-state index in [9.17, 15) is 22.8 Å². The zero-order chi connectivity index (χ0) is 37.6. The zero-order valence-electron chi connectivity index (χ0n) is 29.8. The Hall–Kier alpha value is -6.11. The number of anilines is 2. The average molecular weight is 743 g/mol. The van der Waals surface area contributed by atoms with Gasteiger partial charge in [-0.25, -0.2) is 32.5 Å². The lowest BCUT2D eigenvalue weighted by Crippen LogP contribution is -2.15. The first kappa shape index (κ1) is 34.6. The quantitative estimate of drug-likeness (QED) is 0.145. The van der Waals surface area contributed by atoms with Crippen molar-refractivity contribution in [1.82, 2.24) is 29.5 Å². The van der Waals surface area contributed by atoms with Crippen LogP contribution in [0.15, 0.2) is 91.3 Å². The molecule has 13 heteroatoms. The summed E-state index contributed by atoms with van der Waals surface area (Å²) < 4.78 is 44.7. The molecule has 4 heterocycles. The van der Waals surface area contributed by atoms with E-state index < -0.39 is 29.3 Å². The number of carbonyl (C=O) groups excluding carboxylic acids is 2. The third kappa shape index (κ3) is 7.64. The molecule has 2 N–H and O–H groups in total. The SMILES string of the molecule is O=C(Nc1ccc(-n2nc(C3CC3)cc2C2CC2)nc1)c1cccc(F)c1F.O=C(Nc1ccc(-n2nc(C3CC3)cc2C2CC2)nc1)c1ccccc1F. The van der Waals surface area contributed by atoms with Gasteiger partial charge in [0.25, 0.3) is 11.8 Å². The van der Waals surface area contributed by atoms with Gasteiger partial charge in [0, 0.05) is 35.1 Å². The lowest BCUT2D eigenvalue weighted by Gasteiger charge is -2.09. The van der Waals surface area contributed by atoms with E-state index in [-0.39, 0.29) is 11.1 Å². The molecule has 0 spiro atoms. The van der Waals surface area contributed by atoms with Crippen LogP contribution < -0.4 is 10.6 Å². The summed E-state index contributed by atoms with van der Waals surface area (Å²) in [6.45, 7) is 0. The van der Waals surface area contributed by atoms with Gasteiger partial charge in [0.1, 0.15) is 5.82 Å². The Morgan fingerprint density at radius 2 is 1.00 bits per heavy atom. The van der Waals surface area contributed by atoms with Crippen LogP contribution in [0.4, 0.5) is 24.5 Å². The van der Waals surface area contributed by atoms with Crippen molar-refractivity contribution >= 4 is 23.2 Å². The Morgan fingerprint density at radius 1 is 0.545 bits per heavy atom. The second-order valence-corrected chi connectivity index (χ2v) is 14.7. The minimum absolute atomic E-state index is 0.0127. The van der Waals surface area contributed by atoms with Crippen molar-refractivity contribution < 1.29 is 22.8 Å². The van der Waals surface area contributed by atoms with Crippen LogP contribution in [0.25, 0.3) is 11.6 Å². The summed E-state index contributed by atoms with van der Waals surface area (Å²) >= 11 is 0. The topological polar surface area (TPSA) is 120 Å². The predicted molar refractivity (Wildman–Crippen MR) is 199 cm³/mol. The molecule has 4 saturated carbocycles. The second-order valence-electron chi connectivity index (χ2n) is 14.7. The molecule has 0 saturated heterocycles. The summed E-state index contributed by atoms with van der Waals surface area (Å²) in [6.07, 6.45) is 12.6. The average Bonchev–Trinajstić information content (AvgIpc) is 3.99. The van der Waals surface area contributed by atoms with E-state index in [0.717, 1.165) is 23.3 Å². The molecule has 10 nitrogen and oxygen atoms in total. The van der Waals surface area contributed by atoms with Crippen molar-refractivity contribution in [2.45, 2.75) is 75.0 Å². The number of carbonyl (C=O) groups is 2. The number of halogens is 3. The Morgan fingerprint density at radius 3 is 1.45 bits per heavy atom. The minimum Gasteiger partial charge on any atom is -0.320 e. The van der Waals surface area contributed by atoms with Crippen molar-refractivity contribution in [3.05, 3.63) is 143 Å². The molecule has 4 aliphatic carbocycles. The Labute approximate surface area is 314 Å². The summed E-state index contributed by atoms with van der Waals surface area (Å²) in [6, 6.07) is 20.9. The molecule has 4 aromatic heterocycles. The van der Waals surface area contributed by atoms with Gasteiger partial charge in [-0.1, -0.05) is 18.2 Å². The van der Waals surface area contributed by atoms with Crippen LogP contribution in [0, 0.1) is 17.5 Å². The molecule has 4 aliphatic rings. The van der Waals surface area contributed by atoms with Crippen molar-refractivity contribution in [1.29, 1.82) is 0 Å². The molecule has 4 fully saturated rings. The normalized spacial score (nSPS) is 16.3. The first-order chi connectivity index (χ1) is 26.8. The number of nitrogens with zero attached hydrogens (tertiary/aromatic N) is 6. The highest BCUT2D eigenvalue weighted by atomic mass is 19.2. The van der Waals surface area contributed by atoms with Gasteiger partial charge in [-0.2, -0.15) is 10.2 Å². The fraction of sp³-hybridized carbons (Fsp3) is 0.286. The minimum atomic E-state index is -1.16. The predicted octanol–water partition coefficient (Wildman–Crippen LogP) is 8.97. The van der Waals surface area contributed by atoms with E-state index in [4.69, 9.17) is 10.2 Å². The van der Waals surface area contributed by atoms with E-state index in [1.54, 1.807) is 36.5 Å². The molecule has 0 radical (unpaired) electrons. The summed E-state index contributed by atoms with van der Waals surface area (Å²) in [4.78, 5) is 33.3. The van der Waals surface area contributed by atoms with Gasteiger partial charge < -0.3 is 10.6 Å². The van der Waals surface area contributed by atoms with Crippen LogP contribution in [-0.2, 0) is 0 Å². The third-order valence-electron chi connectivity index (χ3n) is 10.3. The van der Waals surface area contributed by atoms with Crippen molar-refractivity contribution in [3.63, 3.8) is 0 Å². The number of rotatable bonds is 10. The van der Waals surface area contributed by atoms with E-state index in [1.165, 1.54) is 93.2 Å². The first-order valence-electron chi connectivity index (χ1n) is 18.7. The summed E-state index contributed by atoms with van der Waals surface area (Å²) in [5, 5.41) is 14.7. The largest absolute Gasteiger partial charge is 0.320 e. The number of hydrogen-bond acceptors (Lipinski definition) is 6. The van der Waals surface area contributed by atoms with E-state index >= 15 is 0 Å². The maximum atomic E-state index is 13.8. The molecular weight excluding hydrogens is 706 g/mol. The highest BCUT2D eigenvalue weighted by Gasteiger charge is 2.34. The molecule has 10 rings (SSSR count). The number of pyridine rings is 2.